The van der Waals surface area contributed by atoms with Gasteiger partial charge in [-0.25, -0.2) is 4.79 Å². The molecule has 23 heavy (non-hydrogen) atoms. The average Bonchev–Trinajstić information content (AvgIpc) is 2.54. The first kappa shape index (κ1) is 15.2. The van der Waals surface area contributed by atoms with Crippen LogP contribution in [0.5, 0.6) is 0 Å². The number of hydrogen-bond donors (Lipinski definition) is 2. The quantitative estimate of drug-likeness (QED) is 0.723. The summed E-state index contributed by atoms with van der Waals surface area (Å²) < 4.78 is 1.25. The smallest absolute Gasteiger partial charge is 0.327 e. The Morgan fingerprint density at radius 3 is 2.48 bits per heavy atom. The average molecular weight is 326 g/mol. The van der Waals surface area contributed by atoms with Crippen LogP contribution in [0, 0.1) is 4.77 Å². The summed E-state index contributed by atoms with van der Waals surface area (Å²) in [5.41, 5.74) is 1.03. The van der Waals surface area contributed by atoms with E-state index in [0.29, 0.717) is 10.9 Å². The van der Waals surface area contributed by atoms with Crippen LogP contribution in [0.15, 0.2) is 59.4 Å². The van der Waals surface area contributed by atoms with Crippen molar-refractivity contribution in [2.24, 2.45) is 0 Å². The number of aromatic nitrogens is 2. The van der Waals surface area contributed by atoms with Gasteiger partial charge in [-0.3, -0.25) is 9.36 Å². The zero-order chi connectivity index (χ0) is 16.4. The highest BCUT2D eigenvalue weighted by Gasteiger charge is 2.23. The third-order valence-corrected chi connectivity index (χ3v) is 4.00. The first-order chi connectivity index (χ1) is 11.1. The lowest BCUT2D eigenvalue weighted by Crippen LogP contribution is -2.32. The summed E-state index contributed by atoms with van der Waals surface area (Å²) in [5.74, 6) is -1.09. The van der Waals surface area contributed by atoms with Crippen LogP contribution in [0.3, 0.4) is 0 Å². The van der Waals surface area contributed by atoms with Gasteiger partial charge in [-0.1, -0.05) is 42.5 Å². The monoisotopic (exact) mass is 326 g/mol. The van der Waals surface area contributed by atoms with E-state index in [0.717, 1.165) is 10.1 Å². The van der Waals surface area contributed by atoms with Crippen LogP contribution < -0.4 is 5.56 Å². The Bertz CT molecular complexity index is 976. The predicted octanol–water partition coefficient (Wildman–Crippen LogP) is 2.93. The lowest BCUT2D eigenvalue weighted by molar-refractivity contribution is -0.141. The molecule has 2 N–H and O–H groups in total. The molecule has 0 spiro atoms. The molecule has 0 saturated carbocycles. The van der Waals surface area contributed by atoms with Gasteiger partial charge in [0, 0.05) is 6.42 Å². The second kappa shape index (κ2) is 6.18. The Balaban J connectivity index is 2.17. The lowest BCUT2D eigenvalue weighted by atomic mass is 10.1. The molecule has 0 aliphatic rings. The third-order valence-electron chi connectivity index (χ3n) is 3.71. The first-order valence-corrected chi connectivity index (χ1v) is 7.49. The Morgan fingerprint density at radius 2 is 1.78 bits per heavy atom. The number of carbonyl (C=O) groups is 1. The number of carboxylic acid groups (broad SMARTS) is 1. The maximum atomic E-state index is 12.7. The number of aromatic amines is 1. The van der Waals surface area contributed by atoms with Crippen molar-refractivity contribution >= 4 is 29.1 Å². The van der Waals surface area contributed by atoms with Crippen LogP contribution in [-0.2, 0) is 11.2 Å². The Morgan fingerprint density at radius 1 is 1.13 bits per heavy atom. The van der Waals surface area contributed by atoms with Gasteiger partial charge in [0.2, 0.25) is 0 Å². The summed E-state index contributed by atoms with van der Waals surface area (Å²) in [5, 5.41) is 10.0. The standard InChI is InChI=1S/C17H14N2O3S/c20-15-12-8-4-5-9-13(12)18-17(23)19(15)14(16(21)22)10-11-6-2-1-3-7-11/h1-9,14H,10H2,(H,18,23)(H,21,22)/t14-/m1/s1. The van der Waals surface area contributed by atoms with Gasteiger partial charge in [0.05, 0.1) is 10.9 Å². The summed E-state index contributed by atoms with van der Waals surface area (Å²) in [6, 6.07) is 15.0. The molecule has 0 fully saturated rings. The minimum Gasteiger partial charge on any atom is -0.480 e. The molecule has 0 unspecified atom stereocenters. The number of aliphatic carboxylic acids is 1. The molecule has 0 bridgehead atoms. The molecular weight excluding hydrogens is 312 g/mol. The zero-order valence-corrected chi connectivity index (χ0v) is 12.9. The number of rotatable bonds is 4. The van der Waals surface area contributed by atoms with E-state index < -0.39 is 17.6 Å². The summed E-state index contributed by atoms with van der Waals surface area (Å²) in [4.78, 5) is 27.4. The summed E-state index contributed by atoms with van der Waals surface area (Å²) in [6.45, 7) is 0. The van der Waals surface area contributed by atoms with Gasteiger partial charge in [-0.05, 0) is 29.9 Å². The maximum absolute atomic E-state index is 12.7. The normalized spacial score (nSPS) is 12.2. The number of para-hydroxylation sites is 1. The minimum absolute atomic E-state index is 0.108. The Kier molecular flexibility index (Phi) is 4.08. The topological polar surface area (TPSA) is 75.1 Å². The van der Waals surface area contributed by atoms with E-state index in [4.69, 9.17) is 12.2 Å². The van der Waals surface area contributed by atoms with E-state index in [9.17, 15) is 14.7 Å². The minimum atomic E-state index is -1.09. The van der Waals surface area contributed by atoms with Gasteiger partial charge in [-0.15, -0.1) is 0 Å². The van der Waals surface area contributed by atoms with Crippen molar-refractivity contribution in [3.8, 4) is 0 Å². The number of nitrogens with zero attached hydrogens (tertiary/aromatic N) is 1. The molecule has 0 aliphatic carbocycles. The van der Waals surface area contributed by atoms with E-state index in [1.165, 1.54) is 0 Å². The Hall–Kier alpha value is -2.73. The molecule has 1 heterocycles. The van der Waals surface area contributed by atoms with Gasteiger partial charge in [0.1, 0.15) is 6.04 Å². The molecule has 1 atom stereocenters. The van der Waals surface area contributed by atoms with Crippen molar-refractivity contribution in [1.29, 1.82) is 0 Å². The molecule has 2 aromatic carbocycles. The molecule has 1 aromatic heterocycles. The molecule has 0 aliphatic heterocycles. The maximum Gasteiger partial charge on any atom is 0.327 e. The van der Waals surface area contributed by atoms with Crippen molar-refractivity contribution < 1.29 is 9.90 Å². The lowest BCUT2D eigenvalue weighted by Gasteiger charge is -2.16. The fourth-order valence-corrected chi connectivity index (χ4v) is 2.91. The number of fused-ring (bicyclic) bond motifs is 1. The molecule has 5 nitrogen and oxygen atoms in total. The fraction of sp³-hybridized carbons (Fsp3) is 0.118. The second-order valence-electron chi connectivity index (χ2n) is 5.19. The molecule has 116 valence electrons. The first-order valence-electron chi connectivity index (χ1n) is 7.08. The Labute approximate surface area is 136 Å². The van der Waals surface area contributed by atoms with E-state index in [-0.39, 0.29) is 11.2 Å². The predicted molar refractivity (Wildman–Crippen MR) is 90.2 cm³/mol. The largest absolute Gasteiger partial charge is 0.480 e. The van der Waals surface area contributed by atoms with Crippen molar-refractivity contribution in [2.45, 2.75) is 12.5 Å². The summed E-state index contributed by atoms with van der Waals surface area (Å²) in [7, 11) is 0. The highest BCUT2D eigenvalue weighted by molar-refractivity contribution is 7.71. The molecule has 0 radical (unpaired) electrons. The summed E-state index contributed by atoms with van der Waals surface area (Å²) in [6.07, 6.45) is 0.186. The zero-order valence-electron chi connectivity index (χ0n) is 12.1. The second-order valence-corrected chi connectivity index (χ2v) is 5.58. The number of benzene rings is 2. The van der Waals surface area contributed by atoms with Crippen LogP contribution in [-0.4, -0.2) is 20.6 Å². The molecule has 3 aromatic rings. The van der Waals surface area contributed by atoms with Crippen LogP contribution in [0.4, 0.5) is 0 Å². The molecule has 0 saturated heterocycles. The van der Waals surface area contributed by atoms with Crippen LogP contribution in [0.25, 0.3) is 10.9 Å². The van der Waals surface area contributed by atoms with E-state index in [1.807, 2.05) is 30.3 Å². The molecule has 3 rings (SSSR count). The highest BCUT2D eigenvalue weighted by atomic mass is 32.1. The van der Waals surface area contributed by atoms with E-state index >= 15 is 0 Å². The number of H-pyrrole nitrogens is 1. The summed E-state index contributed by atoms with van der Waals surface area (Å²) >= 11 is 5.22. The van der Waals surface area contributed by atoms with Crippen molar-refractivity contribution in [1.82, 2.24) is 9.55 Å². The van der Waals surface area contributed by atoms with Crippen LogP contribution in [0.1, 0.15) is 11.6 Å². The highest BCUT2D eigenvalue weighted by Crippen LogP contribution is 2.15. The number of nitrogens with one attached hydrogen (secondary N) is 1. The number of hydrogen-bond acceptors (Lipinski definition) is 3. The van der Waals surface area contributed by atoms with E-state index in [1.54, 1.807) is 24.3 Å². The van der Waals surface area contributed by atoms with Crippen LogP contribution >= 0.6 is 12.2 Å². The molecule has 0 amide bonds. The van der Waals surface area contributed by atoms with Crippen molar-refractivity contribution in [3.63, 3.8) is 0 Å². The van der Waals surface area contributed by atoms with Crippen molar-refractivity contribution in [2.75, 3.05) is 0 Å². The van der Waals surface area contributed by atoms with Gasteiger partial charge in [0.25, 0.3) is 5.56 Å². The van der Waals surface area contributed by atoms with Crippen molar-refractivity contribution in [3.05, 3.63) is 75.3 Å². The fourth-order valence-electron chi connectivity index (χ4n) is 2.59. The molecular formula is C17H14N2O3S. The molecule has 6 heteroatoms. The van der Waals surface area contributed by atoms with E-state index in [2.05, 4.69) is 4.98 Å². The number of carboxylic acids is 1. The third kappa shape index (κ3) is 2.93. The van der Waals surface area contributed by atoms with Gasteiger partial charge in [0.15, 0.2) is 4.77 Å². The van der Waals surface area contributed by atoms with Gasteiger partial charge >= 0.3 is 5.97 Å². The van der Waals surface area contributed by atoms with Gasteiger partial charge < -0.3 is 10.1 Å². The SMILES string of the molecule is O=C(O)[C@@H](Cc1ccccc1)n1c(=S)[nH]c2ccccc2c1=O. The van der Waals surface area contributed by atoms with Gasteiger partial charge in [-0.2, -0.15) is 0 Å². The van der Waals surface area contributed by atoms with Crippen LogP contribution in [0.2, 0.25) is 0 Å².